The molecule has 7 heteroatoms. The van der Waals surface area contributed by atoms with Gasteiger partial charge in [-0.1, -0.05) is 12.1 Å². The summed E-state index contributed by atoms with van der Waals surface area (Å²) in [5, 5.41) is 5.29. The summed E-state index contributed by atoms with van der Waals surface area (Å²) in [5.74, 6) is 1.01. The molecular formula is C15H21ClN2O4. The minimum Gasteiger partial charge on any atom is -0.490 e. The molecule has 0 fully saturated rings. The summed E-state index contributed by atoms with van der Waals surface area (Å²) < 4.78 is 10.8. The van der Waals surface area contributed by atoms with Crippen molar-refractivity contribution in [2.24, 2.45) is 0 Å². The zero-order valence-electron chi connectivity index (χ0n) is 12.6. The van der Waals surface area contributed by atoms with Gasteiger partial charge in [0, 0.05) is 25.4 Å². The fourth-order valence-electron chi connectivity index (χ4n) is 1.62. The lowest BCUT2D eigenvalue weighted by Crippen LogP contribution is -2.36. The number of para-hydroxylation sites is 2. The molecule has 0 unspecified atom stereocenters. The summed E-state index contributed by atoms with van der Waals surface area (Å²) >= 11 is 5.44. The average molecular weight is 329 g/mol. The third-order valence-electron chi connectivity index (χ3n) is 2.60. The molecule has 0 aliphatic carbocycles. The SMILES string of the molecule is CCOc1ccccc1OCC(=O)NCCNC(=O)CCCl. The summed E-state index contributed by atoms with van der Waals surface area (Å²) in [6.45, 7) is 2.98. The number of carbonyl (C=O) groups excluding carboxylic acids is 2. The van der Waals surface area contributed by atoms with Gasteiger partial charge in [0.1, 0.15) is 0 Å². The van der Waals surface area contributed by atoms with Gasteiger partial charge in [0.15, 0.2) is 18.1 Å². The number of benzene rings is 1. The summed E-state index contributed by atoms with van der Waals surface area (Å²) in [7, 11) is 0. The Labute approximate surface area is 135 Å². The van der Waals surface area contributed by atoms with Gasteiger partial charge in [-0.2, -0.15) is 0 Å². The Hall–Kier alpha value is -1.95. The van der Waals surface area contributed by atoms with Crippen molar-refractivity contribution in [3.05, 3.63) is 24.3 Å². The lowest BCUT2D eigenvalue weighted by molar-refractivity contribution is -0.124. The quantitative estimate of drug-likeness (QED) is 0.502. The van der Waals surface area contributed by atoms with Gasteiger partial charge in [-0.05, 0) is 19.1 Å². The second kappa shape index (κ2) is 10.7. The highest BCUT2D eigenvalue weighted by Crippen LogP contribution is 2.26. The first-order chi connectivity index (χ1) is 10.7. The van der Waals surface area contributed by atoms with Gasteiger partial charge in [0.2, 0.25) is 5.91 Å². The molecule has 22 heavy (non-hydrogen) atoms. The molecule has 0 aliphatic heterocycles. The number of nitrogens with one attached hydrogen (secondary N) is 2. The topological polar surface area (TPSA) is 76.7 Å². The third kappa shape index (κ3) is 7.17. The lowest BCUT2D eigenvalue weighted by atomic mass is 10.3. The fourth-order valence-corrected chi connectivity index (χ4v) is 1.79. The number of rotatable bonds is 10. The van der Waals surface area contributed by atoms with Gasteiger partial charge in [0.25, 0.3) is 5.91 Å². The van der Waals surface area contributed by atoms with Crippen molar-refractivity contribution in [1.29, 1.82) is 0 Å². The maximum absolute atomic E-state index is 11.6. The molecule has 2 N–H and O–H groups in total. The van der Waals surface area contributed by atoms with Crippen molar-refractivity contribution in [3.63, 3.8) is 0 Å². The monoisotopic (exact) mass is 328 g/mol. The Bertz CT molecular complexity index is 482. The maximum Gasteiger partial charge on any atom is 0.258 e. The Kier molecular flexibility index (Phi) is 8.83. The molecule has 1 aromatic rings. The smallest absolute Gasteiger partial charge is 0.258 e. The first-order valence-corrected chi connectivity index (χ1v) is 7.64. The predicted octanol–water partition coefficient (Wildman–Crippen LogP) is 1.33. The molecule has 0 saturated carbocycles. The van der Waals surface area contributed by atoms with Crippen molar-refractivity contribution in [3.8, 4) is 11.5 Å². The van der Waals surface area contributed by atoms with E-state index in [1.54, 1.807) is 12.1 Å². The van der Waals surface area contributed by atoms with E-state index >= 15 is 0 Å². The highest BCUT2D eigenvalue weighted by Gasteiger charge is 2.07. The van der Waals surface area contributed by atoms with Crippen LogP contribution >= 0.6 is 11.6 Å². The number of hydrogen-bond donors (Lipinski definition) is 2. The maximum atomic E-state index is 11.6. The van der Waals surface area contributed by atoms with Crippen LogP contribution in [0.3, 0.4) is 0 Å². The van der Waals surface area contributed by atoms with E-state index < -0.39 is 0 Å². The van der Waals surface area contributed by atoms with E-state index in [4.69, 9.17) is 21.1 Å². The van der Waals surface area contributed by atoms with Crippen LogP contribution in [0.2, 0.25) is 0 Å². The van der Waals surface area contributed by atoms with Gasteiger partial charge in [-0.25, -0.2) is 0 Å². The van der Waals surface area contributed by atoms with Gasteiger partial charge >= 0.3 is 0 Å². The van der Waals surface area contributed by atoms with Gasteiger partial charge < -0.3 is 20.1 Å². The van der Waals surface area contributed by atoms with Crippen molar-refractivity contribution in [2.75, 3.05) is 32.2 Å². The van der Waals surface area contributed by atoms with E-state index in [9.17, 15) is 9.59 Å². The molecule has 122 valence electrons. The molecule has 0 saturated heterocycles. The standard InChI is InChI=1S/C15H21ClN2O4/c1-2-21-12-5-3-4-6-13(12)22-11-15(20)18-10-9-17-14(19)7-8-16/h3-6H,2,7-11H2,1H3,(H,17,19)(H,18,20). The Morgan fingerprint density at radius 3 is 2.23 bits per heavy atom. The Morgan fingerprint density at radius 1 is 1.05 bits per heavy atom. The molecular weight excluding hydrogens is 308 g/mol. The number of amides is 2. The summed E-state index contributed by atoms with van der Waals surface area (Å²) in [4.78, 5) is 22.8. The Morgan fingerprint density at radius 2 is 1.64 bits per heavy atom. The van der Waals surface area contributed by atoms with E-state index in [2.05, 4.69) is 10.6 Å². The van der Waals surface area contributed by atoms with E-state index in [0.717, 1.165) is 0 Å². The van der Waals surface area contributed by atoms with Gasteiger partial charge in [-0.15, -0.1) is 11.6 Å². The van der Waals surface area contributed by atoms with E-state index in [0.29, 0.717) is 31.2 Å². The molecule has 0 bridgehead atoms. The van der Waals surface area contributed by atoms with Crippen LogP contribution in [0.4, 0.5) is 0 Å². The van der Waals surface area contributed by atoms with Gasteiger partial charge in [0.05, 0.1) is 6.61 Å². The number of ether oxygens (including phenoxy) is 2. The van der Waals surface area contributed by atoms with E-state index in [1.165, 1.54) is 0 Å². The van der Waals surface area contributed by atoms with Crippen LogP contribution in [0.15, 0.2) is 24.3 Å². The highest BCUT2D eigenvalue weighted by molar-refractivity contribution is 6.18. The van der Waals surface area contributed by atoms with Crippen molar-refractivity contribution < 1.29 is 19.1 Å². The van der Waals surface area contributed by atoms with Crippen LogP contribution in [0, 0.1) is 0 Å². The predicted molar refractivity (Wildman–Crippen MR) is 84.5 cm³/mol. The van der Waals surface area contributed by atoms with E-state index in [-0.39, 0.29) is 30.7 Å². The second-order valence-electron chi connectivity index (χ2n) is 4.31. The largest absolute Gasteiger partial charge is 0.490 e. The number of carbonyl (C=O) groups is 2. The Balaban J connectivity index is 2.24. The molecule has 0 atom stereocenters. The molecule has 0 heterocycles. The van der Waals surface area contributed by atoms with Crippen LogP contribution in [-0.2, 0) is 9.59 Å². The molecule has 6 nitrogen and oxygen atoms in total. The van der Waals surface area contributed by atoms with Crippen molar-refractivity contribution >= 4 is 23.4 Å². The molecule has 0 aromatic heterocycles. The highest BCUT2D eigenvalue weighted by atomic mass is 35.5. The number of alkyl halides is 1. The van der Waals surface area contributed by atoms with Crippen molar-refractivity contribution in [2.45, 2.75) is 13.3 Å². The van der Waals surface area contributed by atoms with Crippen LogP contribution in [0.25, 0.3) is 0 Å². The molecule has 2 amide bonds. The lowest BCUT2D eigenvalue weighted by Gasteiger charge is -2.11. The molecule has 0 spiro atoms. The minimum absolute atomic E-state index is 0.111. The van der Waals surface area contributed by atoms with Gasteiger partial charge in [-0.3, -0.25) is 9.59 Å². The molecule has 0 aliphatic rings. The first kappa shape index (κ1) is 18.1. The number of halogens is 1. The summed E-state index contributed by atoms with van der Waals surface area (Å²) in [5.41, 5.74) is 0. The number of hydrogen-bond acceptors (Lipinski definition) is 4. The summed E-state index contributed by atoms with van der Waals surface area (Å²) in [6.07, 6.45) is 0.271. The third-order valence-corrected chi connectivity index (χ3v) is 2.79. The van der Waals surface area contributed by atoms with Crippen molar-refractivity contribution in [1.82, 2.24) is 10.6 Å². The minimum atomic E-state index is -0.266. The summed E-state index contributed by atoms with van der Waals surface area (Å²) in [6, 6.07) is 7.16. The zero-order valence-corrected chi connectivity index (χ0v) is 13.3. The van der Waals surface area contributed by atoms with Crippen LogP contribution in [-0.4, -0.2) is 44.0 Å². The fraction of sp³-hybridized carbons (Fsp3) is 0.467. The normalized spacial score (nSPS) is 9.91. The first-order valence-electron chi connectivity index (χ1n) is 7.11. The zero-order chi connectivity index (χ0) is 16.2. The van der Waals surface area contributed by atoms with E-state index in [1.807, 2.05) is 19.1 Å². The van der Waals surface area contributed by atoms with Crippen LogP contribution in [0.5, 0.6) is 11.5 Å². The molecule has 0 radical (unpaired) electrons. The second-order valence-corrected chi connectivity index (χ2v) is 4.69. The molecule has 1 rings (SSSR count). The van der Waals surface area contributed by atoms with Crippen LogP contribution in [0.1, 0.15) is 13.3 Å². The average Bonchev–Trinajstić information content (AvgIpc) is 2.51. The molecule has 1 aromatic carbocycles. The van der Waals surface area contributed by atoms with Crippen LogP contribution < -0.4 is 20.1 Å².